The molecule has 4 heterocycles. The van der Waals surface area contributed by atoms with Crippen LogP contribution < -0.4 is 15.8 Å². The lowest BCUT2D eigenvalue weighted by molar-refractivity contribution is 0.512. The molecule has 0 bridgehead atoms. The molecule has 1 saturated heterocycles. The molecule has 0 atom stereocenters. The fraction of sp³-hybridized carbons (Fsp3) is 0.389. The fourth-order valence-electron chi connectivity index (χ4n) is 3.34. The maximum atomic E-state index is 12.6. The van der Waals surface area contributed by atoms with E-state index in [4.69, 9.17) is 0 Å². The van der Waals surface area contributed by atoms with Crippen LogP contribution in [-0.4, -0.2) is 43.6 Å². The minimum Gasteiger partial charge on any atom is -0.367 e. The average molecular weight is 351 g/mol. The van der Waals surface area contributed by atoms with Crippen molar-refractivity contribution in [2.45, 2.75) is 25.8 Å². The molecule has 3 aromatic rings. The quantitative estimate of drug-likeness (QED) is 0.765. The van der Waals surface area contributed by atoms with E-state index in [-0.39, 0.29) is 5.56 Å². The molecule has 0 unspecified atom stereocenters. The molecular formula is C18H21N7O. The van der Waals surface area contributed by atoms with Crippen LogP contribution in [0, 0.1) is 6.92 Å². The van der Waals surface area contributed by atoms with Crippen molar-refractivity contribution in [3.05, 3.63) is 46.8 Å². The van der Waals surface area contributed by atoms with E-state index < -0.39 is 0 Å². The van der Waals surface area contributed by atoms with Gasteiger partial charge in [0.2, 0.25) is 5.95 Å². The summed E-state index contributed by atoms with van der Waals surface area (Å²) in [5, 5.41) is 4.02. The molecule has 1 aliphatic heterocycles. The van der Waals surface area contributed by atoms with Crippen LogP contribution in [0.2, 0.25) is 0 Å². The van der Waals surface area contributed by atoms with Crippen LogP contribution >= 0.6 is 0 Å². The van der Waals surface area contributed by atoms with Crippen molar-refractivity contribution in [3.8, 4) is 0 Å². The summed E-state index contributed by atoms with van der Waals surface area (Å²) in [6.45, 7) is 3.59. The van der Waals surface area contributed by atoms with Crippen LogP contribution in [0.15, 0.2) is 35.5 Å². The van der Waals surface area contributed by atoms with Gasteiger partial charge >= 0.3 is 0 Å². The van der Waals surface area contributed by atoms with Crippen LogP contribution in [0.3, 0.4) is 0 Å². The zero-order valence-corrected chi connectivity index (χ0v) is 14.9. The highest BCUT2D eigenvalue weighted by Crippen LogP contribution is 2.20. The molecule has 4 rings (SSSR count). The average Bonchev–Trinajstić information content (AvgIpc) is 2.65. The number of piperidine rings is 1. The predicted molar refractivity (Wildman–Crippen MR) is 100 cm³/mol. The summed E-state index contributed by atoms with van der Waals surface area (Å²) in [5.74, 6) is 1.54. The summed E-state index contributed by atoms with van der Waals surface area (Å²) < 4.78 is 1.62. The van der Waals surface area contributed by atoms with E-state index in [0.717, 1.165) is 37.4 Å². The Morgan fingerprint density at radius 2 is 2.00 bits per heavy atom. The molecule has 8 nitrogen and oxygen atoms in total. The predicted octanol–water partition coefficient (Wildman–Crippen LogP) is 1.51. The second kappa shape index (κ2) is 6.70. The topological polar surface area (TPSA) is 88.8 Å². The molecule has 8 heteroatoms. The van der Waals surface area contributed by atoms with Gasteiger partial charge in [-0.05, 0) is 31.9 Å². The molecule has 134 valence electrons. The van der Waals surface area contributed by atoms with Crippen LogP contribution in [-0.2, 0) is 7.05 Å². The molecule has 0 aliphatic carbocycles. The second-order valence-corrected chi connectivity index (χ2v) is 6.60. The molecule has 0 amide bonds. The number of aromatic nitrogens is 5. The van der Waals surface area contributed by atoms with Crippen molar-refractivity contribution < 1.29 is 0 Å². The van der Waals surface area contributed by atoms with E-state index in [2.05, 4.69) is 30.2 Å². The van der Waals surface area contributed by atoms with Gasteiger partial charge in [-0.25, -0.2) is 15.0 Å². The Bertz CT molecular complexity index is 992. The van der Waals surface area contributed by atoms with Gasteiger partial charge in [0.25, 0.3) is 5.56 Å². The normalized spacial score (nSPS) is 15.4. The molecule has 3 aromatic heterocycles. The number of rotatable bonds is 3. The van der Waals surface area contributed by atoms with Crippen molar-refractivity contribution in [1.82, 2.24) is 24.5 Å². The summed E-state index contributed by atoms with van der Waals surface area (Å²) in [6, 6.07) is 5.82. The number of pyridine rings is 1. The number of anilines is 2. The molecular weight excluding hydrogens is 330 g/mol. The van der Waals surface area contributed by atoms with E-state index in [0.29, 0.717) is 23.0 Å². The lowest BCUT2D eigenvalue weighted by Gasteiger charge is -2.33. The van der Waals surface area contributed by atoms with E-state index in [1.807, 2.05) is 13.0 Å². The summed E-state index contributed by atoms with van der Waals surface area (Å²) >= 11 is 0. The van der Waals surface area contributed by atoms with Crippen LogP contribution in [0.4, 0.5) is 11.8 Å². The van der Waals surface area contributed by atoms with Gasteiger partial charge in [-0.1, -0.05) is 0 Å². The molecule has 1 aliphatic rings. The SMILES string of the molecule is Cc1cc(NC2CCN(c3nc4ncccc4c(=O)n3C)CC2)ncn1. The first-order chi connectivity index (χ1) is 12.6. The summed E-state index contributed by atoms with van der Waals surface area (Å²) in [4.78, 5) is 32.0. The maximum Gasteiger partial charge on any atom is 0.264 e. The Hall–Kier alpha value is -3.03. The second-order valence-electron chi connectivity index (χ2n) is 6.60. The molecule has 0 aromatic carbocycles. The van der Waals surface area contributed by atoms with Crippen molar-refractivity contribution in [2.24, 2.45) is 7.05 Å². The van der Waals surface area contributed by atoms with E-state index in [1.54, 1.807) is 36.3 Å². The summed E-state index contributed by atoms with van der Waals surface area (Å²) in [7, 11) is 1.77. The third-order valence-electron chi connectivity index (χ3n) is 4.76. The van der Waals surface area contributed by atoms with Gasteiger partial charge < -0.3 is 10.2 Å². The standard InChI is InChI=1S/C18H21N7O/c1-12-10-15(21-11-20-12)22-13-5-8-25(9-6-13)18-23-16-14(4-3-7-19-16)17(26)24(18)2/h3-4,7,10-11,13H,5-6,8-9H2,1-2H3,(H,20,21,22). The third kappa shape index (κ3) is 3.10. The van der Waals surface area contributed by atoms with Crippen LogP contribution in [0.1, 0.15) is 18.5 Å². The number of aryl methyl sites for hydroxylation is 1. The number of hydrogen-bond acceptors (Lipinski definition) is 7. The Morgan fingerprint density at radius 3 is 2.77 bits per heavy atom. The minimum atomic E-state index is -0.0604. The zero-order valence-electron chi connectivity index (χ0n) is 14.9. The highest BCUT2D eigenvalue weighted by molar-refractivity contribution is 5.74. The summed E-state index contributed by atoms with van der Waals surface area (Å²) in [5.41, 5.74) is 1.39. The molecule has 26 heavy (non-hydrogen) atoms. The first-order valence-electron chi connectivity index (χ1n) is 8.74. The van der Waals surface area contributed by atoms with Gasteiger partial charge in [0.05, 0.1) is 5.39 Å². The number of nitrogens with zero attached hydrogens (tertiary/aromatic N) is 6. The molecule has 1 N–H and O–H groups in total. The third-order valence-corrected chi connectivity index (χ3v) is 4.76. The largest absolute Gasteiger partial charge is 0.367 e. The Kier molecular flexibility index (Phi) is 4.24. The van der Waals surface area contributed by atoms with Crippen LogP contribution in [0.25, 0.3) is 11.0 Å². The van der Waals surface area contributed by atoms with Gasteiger partial charge in [0.15, 0.2) is 5.65 Å². The van der Waals surface area contributed by atoms with Crippen molar-refractivity contribution in [2.75, 3.05) is 23.3 Å². The molecule has 0 saturated carbocycles. The van der Waals surface area contributed by atoms with Crippen molar-refractivity contribution in [3.63, 3.8) is 0 Å². The van der Waals surface area contributed by atoms with Gasteiger partial charge in [-0.3, -0.25) is 9.36 Å². The van der Waals surface area contributed by atoms with E-state index in [1.165, 1.54) is 0 Å². The van der Waals surface area contributed by atoms with Crippen molar-refractivity contribution >= 4 is 22.8 Å². The fourth-order valence-corrected chi connectivity index (χ4v) is 3.34. The maximum absolute atomic E-state index is 12.6. The highest BCUT2D eigenvalue weighted by atomic mass is 16.1. The summed E-state index contributed by atoms with van der Waals surface area (Å²) in [6.07, 6.45) is 5.13. The Morgan fingerprint density at radius 1 is 1.19 bits per heavy atom. The highest BCUT2D eigenvalue weighted by Gasteiger charge is 2.23. The first-order valence-corrected chi connectivity index (χ1v) is 8.74. The van der Waals surface area contributed by atoms with Gasteiger partial charge in [0, 0.05) is 44.1 Å². The Labute approximate surface area is 150 Å². The lowest BCUT2D eigenvalue weighted by atomic mass is 10.1. The van der Waals surface area contributed by atoms with E-state index >= 15 is 0 Å². The Balaban J connectivity index is 1.50. The molecule has 0 radical (unpaired) electrons. The monoisotopic (exact) mass is 351 g/mol. The molecule has 0 spiro atoms. The number of nitrogens with one attached hydrogen (secondary N) is 1. The van der Waals surface area contributed by atoms with Gasteiger partial charge in [0.1, 0.15) is 12.1 Å². The number of fused-ring (bicyclic) bond motifs is 1. The first kappa shape index (κ1) is 16.4. The minimum absolute atomic E-state index is 0.0604. The van der Waals surface area contributed by atoms with Gasteiger partial charge in [-0.2, -0.15) is 4.98 Å². The molecule has 1 fully saturated rings. The van der Waals surface area contributed by atoms with Crippen LogP contribution in [0.5, 0.6) is 0 Å². The smallest absolute Gasteiger partial charge is 0.264 e. The van der Waals surface area contributed by atoms with E-state index in [9.17, 15) is 4.79 Å². The lowest BCUT2D eigenvalue weighted by Crippen LogP contribution is -2.42. The van der Waals surface area contributed by atoms with Gasteiger partial charge in [-0.15, -0.1) is 0 Å². The zero-order chi connectivity index (χ0) is 18.1. The van der Waals surface area contributed by atoms with Crippen molar-refractivity contribution in [1.29, 1.82) is 0 Å². The number of hydrogen-bond donors (Lipinski definition) is 1.